The maximum absolute atomic E-state index is 12.9. The third-order valence-corrected chi connectivity index (χ3v) is 6.58. The van der Waals surface area contributed by atoms with Crippen molar-refractivity contribution in [2.24, 2.45) is 5.92 Å². The number of carbonyl (C=O) groups is 3. The van der Waals surface area contributed by atoms with Gasteiger partial charge in [0.25, 0.3) is 5.91 Å². The molecule has 8 nitrogen and oxygen atoms in total. The Bertz CT molecular complexity index is 1170. The third kappa shape index (κ3) is 6.30. The fourth-order valence-electron chi connectivity index (χ4n) is 4.40. The summed E-state index contributed by atoms with van der Waals surface area (Å²) in [6, 6.07) is 7.87. The molecule has 0 bridgehead atoms. The minimum atomic E-state index is -0.499. The molecule has 190 valence electrons. The molecule has 1 N–H and O–H groups in total. The van der Waals surface area contributed by atoms with E-state index in [1.54, 1.807) is 17.4 Å². The molecule has 1 aromatic carbocycles. The molecule has 1 atom stereocenters. The van der Waals surface area contributed by atoms with Crippen LogP contribution in [-0.4, -0.2) is 51.2 Å². The van der Waals surface area contributed by atoms with Gasteiger partial charge in [0.05, 0.1) is 24.5 Å². The lowest BCUT2D eigenvalue weighted by atomic mass is 9.95. The Hall–Kier alpha value is -3.68. The Kier molecular flexibility index (Phi) is 8.03. The number of allylic oxidation sites excluding steroid dienone is 2. The van der Waals surface area contributed by atoms with E-state index in [1.165, 1.54) is 0 Å². The molecule has 1 aromatic heterocycles. The summed E-state index contributed by atoms with van der Waals surface area (Å²) in [7, 11) is 0. The van der Waals surface area contributed by atoms with Gasteiger partial charge in [-0.05, 0) is 51.8 Å². The highest BCUT2D eigenvalue weighted by Crippen LogP contribution is 2.25. The smallest absolute Gasteiger partial charge is 0.290 e. The number of ether oxygens (including phenoxy) is 1. The molecule has 0 aliphatic carbocycles. The number of carbonyl (C=O) groups excluding carboxylic acids is 3. The second kappa shape index (κ2) is 11.4. The van der Waals surface area contributed by atoms with Gasteiger partial charge in [0.2, 0.25) is 11.7 Å². The summed E-state index contributed by atoms with van der Waals surface area (Å²) in [5.74, 6) is -0.483. The second-order valence-electron chi connectivity index (χ2n) is 9.77. The zero-order valence-electron chi connectivity index (χ0n) is 21.1. The van der Waals surface area contributed by atoms with E-state index in [9.17, 15) is 14.4 Å². The van der Waals surface area contributed by atoms with Gasteiger partial charge in [-0.1, -0.05) is 24.3 Å². The number of imidazole rings is 1. The zero-order chi connectivity index (χ0) is 25.7. The molecule has 0 radical (unpaired) electrons. The van der Waals surface area contributed by atoms with Crippen LogP contribution >= 0.6 is 0 Å². The van der Waals surface area contributed by atoms with Crippen molar-refractivity contribution in [3.8, 4) is 0 Å². The average molecular weight is 491 g/mol. The Labute approximate surface area is 212 Å². The fourth-order valence-corrected chi connectivity index (χ4v) is 4.40. The van der Waals surface area contributed by atoms with Crippen LogP contribution in [0.15, 0.2) is 55.0 Å². The van der Waals surface area contributed by atoms with Crippen LogP contribution in [0.2, 0.25) is 0 Å². The molecular weight excluding hydrogens is 456 g/mol. The van der Waals surface area contributed by atoms with Crippen molar-refractivity contribution in [2.75, 3.05) is 18.4 Å². The molecular formula is C28H34N4O4. The van der Waals surface area contributed by atoms with Crippen LogP contribution in [0.25, 0.3) is 5.76 Å². The van der Waals surface area contributed by atoms with Gasteiger partial charge < -0.3 is 19.5 Å². The largest absolute Gasteiger partial charge is 0.490 e. The predicted molar refractivity (Wildman–Crippen MR) is 138 cm³/mol. The van der Waals surface area contributed by atoms with Gasteiger partial charge in [-0.3, -0.25) is 14.4 Å². The number of likely N-dealkylation sites (tertiary alicyclic amines) is 1. The first-order chi connectivity index (χ1) is 17.3. The summed E-state index contributed by atoms with van der Waals surface area (Å²) >= 11 is 0. The van der Waals surface area contributed by atoms with Crippen molar-refractivity contribution in [2.45, 2.75) is 58.6 Å². The summed E-state index contributed by atoms with van der Waals surface area (Å²) in [5.41, 5.74) is 2.20. The van der Waals surface area contributed by atoms with E-state index >= 15 is 0 Å². The van der Waals surface area contributed by atoms with Crippen molar-refractivity contribution in [3.63, 3.8) is 0 Å². The van der Waals surface area contributed by atoms with Gasteiger partial charge in [-0.2, -0.15) is 0 Å². The van der Waals surface area contributed by atoms with Crippen LogP contribution in [0.3, 0.4) is 0 Å². The maximum atomic E-state index is 12.9. The summed E-state index contributed by atoms with van der Waals surface area (Å²) in [6.07, 6.45) is 11.4. The fraction of sp³-hybridized carbons (Fsp3) is 0.429. The van der Waals surface area contributed by atoms with Crippen LogP contribution < -0.4 is 5.32 Å². The molecule has 1 unspecified atom stereocenters. The highest BCUT2D eigenvalue weighted by Gasteiger charge is 2.30. The summed E-state index contributed by atoms with van der Waals surface area (Å²) in [5, 5.41) is 3.01. The van der Waals surface area contributed by atoms with Crippen molar-refractivity contribution in [3.05, 3.63) is 66.3 Å². The molecule has 0 spiro atoms. The lowest BCUT2D eigenvalue weighted by Crippen LogP contribution is -2.44. The molecule has 0 saturated carbocycles. The first-order valence-electron chi connectivity index (χ1n) is 12.6. The maximum Gasteiger partial charge on any atom is 0.290 e. The van der Waals surface area contributed by atoms with Crippen LogP contribution in [0.1, 0.15) is 57.3 Å². The number of hydrogen-bond donors (Lipinski definition) is 1. The third-order valence-electron chi connectivity index (χ3n) is 6.58. The van der Waals surface area contributed by atoms with E-state index < -0.39 is 11.7 Å². The lowest BCUT2D eigenvalue weighted by Gasteiger charge is -2.30. The van der Waals surface area contributed by atoms with Crippen molar-refractivity contribution in [1.82, 2.24) is 14.5 Å². The van der Waals surface area contributed by atoms with Gasteiger partial charge >= 0.3 is 0 Å². The number of benzene rings is 1. The van der Waals surface area contributed by atoms with Gasteiger partial charge in [0.15, 0.2) is 0 Å². The summed E-state index contributed by atoms with van der Waals surface area (Å²) in [4.78, 5) is 43.9. The average Bonchev–Trinajstić information content (AvgIpc) is 3.23. The molecule has 8 heteroatoms. The Morgan fingerprint density at radius 3 is 2.69 bits per heavy atom. The monoisotopic (exact) mass is 490 g/mol. The standard InChI is InChI=1S/C28H34N4O4/c1-19(2)32-17-24(29-18-32)16-25(33)28(35)31-13-11-21(12-14-31)27(34)30-23-9-6-8-22(15-23)26-10-5-4-7-20(3)36-26/h4-6,8-10,15,17-21H,7,11-14,16H2,1-3H3,(H,30,34). The van der Waals surface area contributed by atoms with E-state index in [0.29, 0.717) is 37.3 Å². The molecule has 1 fully saturated rings. The quantitative estimate of drug-likeness (QED) is 0.589. The Balaban J connectivity index is 1.29. The zero-order valence-corrected chi connectivity index (χ0v) is 21.1. The van der Waals surface area contributed by atoms with Crippen LogP contribution in [0.4, 0.5) is 5.69 Å². The van der Waals surface area contributed by atoms with Crippen LogP contribution in [0.5, 0.6) is 0 Å². The van der Waals surface area contributed by atoms with Crippen LogP contribution in [-0.2, 0) is 25.5 Å². The number of piperidine rings is 1. The van der Waals surface area contributed by atoms with Crippen molar-refractivity contribution in [1.29, 1.82) is 0 Å². The molecule has 2 aromatic rings. The molecule has 3 heterocycles. The minimum absolute atomic E-state index is 0.00989. The topological polar surface area (TPSA) is 93.5 Å². The second-order valence-corrected chi connectivity index (χ2v) is 9.77. The summed E-state index contributed by atoms with van der Waals surface area (Å²) in [6.45, 7) is 6.84. The minimum Gasteiger partial charge on any atom is -0.490 e. The lowest BCUT2D eigenvalue weighted by molar-refractivity contribution is -0.145. The van der Waals surface area contributed by atoms with Crippen LogP contribution in [0, 0.1) is 5.92 Å². The Morgan fingerprint density at radius 1 is 1.19 bits per heavy atom. The van der Waals surface area contributed by atoms with E-state index in [0.717, 1.165) is 17.7 Å². The van der Waals surface area contributed by atoms with E-state index in [4.69, 9.17) is 4.74 Å². The van der Waals surface area contributed by atoms with Gasteiger partial charge in [-0.15, -0.1) is 0 Å². The number of Topliss-reactive ketones (excluding diaryl/α,β-unsaturated/α-hetero) is 1. The van der Waals surface area contributed by atoms with E-state index in [2.05, 4.69) is 16.4 Å². The number of nitrogens with zero attached hydrogens (tertiary/aromatic N) is 3. The number of anilines is 1. The molecule has 4 rings (SSSR count). The molecule has 2 amide bonds. The molecule has 2 aliphatic rings. The predicted octanol–water partition coefficient (Wildman–Crippen LogP) is 4.16. The van der Waals surface area contributed by atoms with Crippen molar-refractivity contribution < 1.29 is 19.1 Å². The number of amides is 2. The SMILES string of the molecule is CC1CC=CC=C(c2cccc(NC(=O)C3CCN(C(=O)C(=O)Cc4cn(C(C)C)cn4)CC3)c2)O1. The highest BCUT2D eigenvalue weighted by atomic mass is 16.5. The number of hydrogen-bond acceptors (Lipinski definition) is 5. The number of aromatic nitrogens is 2. The Morgan fingerprint density at radius 2 is 1.97 bits per heavy atom. The number of nitrogens with one attached hydrogen (secondary N) is 1. The first-order valence-corrected chi connectivity index (χ1v) is 12.6. The number of ketones is 1. The highest BCUT2D eigenvalue weighted by molar-refractivity contribution is 6.36. The van der Waals surface area contributed by atoms with Gasteiger partial charge in [-0.25, -0.2) is 4.98 Å². The number of rotatable bonds is 7. The first kappa shape index (κ1) is 25.4. The molecule has 2 aliphatic heterocycles. The van der Waals surface area contributed by atoms with E-state index in [1.807, 2.05) is 61.8 Å². The normalized spacial score (nSPS) is 18.4. The van der Waals surface area contributed by atoms with Gasteiger partial charge in [0, 0.05) is 48.9 Å². The molecule has 1 saturated heterocycles. The van der Waals surface area contributed by atoms with E-state index in [-0.39, 0.29) is 30.4 Å². The van der Waals surface area contributed by atoms with Crippen molar-refractivity contribution >= 4 is 29.0 Å². The van der Waals surface area contributed by atoms with Gasteiger partial charge in [0.1, 0.15) is 5.76 Å². The summed E-state index contributed by atoms with van der Waals surface area (Å²) < 4.78 is 7.90. The molecule has 36 heavy (non-hydrogen) atoms.